The van der Waals surface area contributed by atoms with Gasteiger partial charge in [-0.25, -0.2) is 17.7 Å². The van der Waals surface area contributed by atoms with Crippen molar-refractivity contribution in [3.8, 4) is 11.1 Å². The van der Waals surface area contributed by atoms with Crippen molar-refractivity contribution in [1.29, 1.82) is 0 Å². The van der Waals surface area contributed by atoms with Crippen molar-refractivity contribution < 1.29 is 36.1 Å². The standard InChI is InChI=1S/C24H25F5N2O3S/c1-14-10-16(12-17(25)11-14)18-5-2-4-15(21(18)26)13-20-19(30-35(34)24(27,28)29)6-9-31(20)22(32)23(33)7-3-8-23/h2,4-5,10-12,19-20,30,33H,3,6-9,13H2,1H3. The van der Waals surface area contributed by atoms with E-state index >= 15 is 4.39 Å². The molecule has 3 unspecified atom stereocenters. The predicted molar refractivity (Wildman–Crippen MR) is 120 cm³/mol. The van der Waals surface area contributed by atoms with Gasteiger partial charge in [0.05, 0.1) is 6.04 Å². The highest BCUT2D eigenvalue weighted by molar-refractivity contribution is 7.83. The van der Waals surface area contributed by atoms with E-state index in [0.717, 1.165) is 0 Å². The summed E-state index contributed by atoms with van der Waals surface area (Å²) in [4.78, 5) is 14.3. The topological polar surface area (TPSA) is 69.6 Å². The Kier molecular flexibility index (Phi) is 7.05. The Morgan fingerprint density at radius 3 is 2.54 bits per heavy atom. The lowest BCUT2D eigenvalue weighted by molar-refractivity contribution is -0.161. The minimum atomic E-state index is -5.01. The van der Waals surface area contributed by atoms with Gasteiger partial charge in [-0.15, -0.1) is 0 Å². The molecular formula is C24H25F5N2O3S. The van der Waals surface area contributed by atoms with Crippen LogP contribution in [0.25, 0.3) is 11.1 Å². The number of nitrogens with one attached hydrogen (secondary N) is 1. The summed E-state index contributed by atoms with van der Waals surface area (Å²) < 4.78 is 82.1. The second-order valence-corrected chi connectivity index (χ2v) is 10.4. The first-order chi connectivity index (χ1) is 16.4. The molecule has 3 atom stereocenters. The van der Waals surface area contributed by atoms with Crippen LogP contribution in [0.4, 0.5) is 22.0 Å². The summed E-state index contributed by atoms with van der Waals surface area (Å²) >= 11 is 0. The quantitative estimate of drug-likeness (QED) is 0.568. The maximum atomic E-state index is 15.6. The molecule has 0 bridgehead atoms. The van der Waals surface area contributed by atoms with Gasteiger partial charge in [-0.05, 0) is 67.9 Å². The molecule has 2 aliphatic rings. The van der Waals surface area contributed by atoms with Crippen LogP contribution in [0.15, 0.2) is 36.4 Å². The SMILES string of the molecule is Cc1cc(F)cc(-c2cccc(CC3C(NS(=O)C(F)(F)F)CCN3C(=O)C3(O)CCC3)c2F)c1. The second kappa shape index (κ2) is 9.59. The van der Waals surface area contributed by atoms with Crippen molar-refractivity contribution in [3.63, 3.8) is 0 Å². The Bertz CT molecular complexity index is 1130. The van der Waals surface area contributed by atoms with Crippen molar-refractivity contribution in [1.82, 2.24) is 9.62 Å². The van der Waals surface area contributed by atoms with Crippen LogP contribution in [0.1, 0.15) is 36.8 Å². The molecule has 11 heteroatoms. The Morgan fingerprint density at radius 2 is 1.94 bits per heavy atom. The molecule has 35 heavy (non-hydrogen) atoms. The fraction of sp³-hybridized carbons (Fsp3) is 0.458. The average molecular weight is 517 g/mol. The largest absolute Gasteiger partial charge is 0.485 e. The molecule has 1 aliphatic heterocycles. The number of rotatable bonds is 6. The molecule has 5 nitrogen and oxygen atoms in total. The van der Waals surface area contributed by atoms with Gasteiger partial charge in [-0.2, -0.15) is 13.2 Å². The number of alkyl halides is 3. The lowest BCUT2D eigenvalue weighted by atomic mass is 9.79. The third-order valence-electron chi connectivity index (χ3n) is 6.71. The number of nitrogens with zero attached hydrogens (tertiary/aromatic N) is 1. The van der Waals surface area contributed by atoms with E-state index < -0.39 is 51.7 Å². The monoisotopic (exact) mass is 516 g/mol. The summed E-state index contributed by atoms with van der Waals surface area (Å²) in [5.41, 5.74) is -5.48. The van der Waals surface area contributed by atoms with E-state index in [1.807, 2.05) is 4.72 Å². The van der Waals surface area contributed by atoms with Crippen molar-refractivity contribution >= 4 is 16.9 Å². The molecule has 0 radical (unpaired) electrons. The van der Waals surface area contributed by atoms with Crippen LogP contribution in [0.3, 0.4) is 0 Å². The maximum Gasteiger partial charge on any atom is 0.485 e. The molecule has 1 heterocycles. The highest BCUT2D eigenvalue weighted by Crippen LogP contribution is 2.37. The van der Waals surface area contributed by atoms with Crippen molar-refractivity contribution in [3.05, 3.63) is 59.2 Å². The molecule has 2 fully saturated rings. The van der Waals surface area contributed by atoms with Crippen molar-refractivity contribution in [2.75, 3.05) is 6.54 Å². The maximum absolute atomic E-state index is 15.6. The van der Waals surface area contributed by atoms with Crippen LogP contribution in [0.5, 0.6) is 0 Å². The molecule has 2 N–H and O–H groups in total. The second-order valence-electron chi connectivity index (χ2n) is 9.18. The van der Waals surface area contributed by atoms with E-state index in [1.54, 1.807) is 19.1 Å². The molecule has 1 saturated heterocycles. The van der Waals surface area contributed by atoms with Crippen molar-refractivity contribution in [2.24, 2.45) is 0 Å². The lowest BCUT2D eigenvalue weighted by Crippen LogP contribution is -2.57. The summed E-state index contributed by atoms with van der Waals surface area (Å²) in [7, 11) is -3.37. The predicted octanol–water partition coefficient (Wildman–Crippen LogP) is 4.14. The van der Waals surface area contributed by atoms with E-state index in [2.05, 4.69) is 0 Å². The Morgan fingerprint density at radius 1 is 1.23 bits per heavy atom. The molecule has 1 aliphatic carbocycles. The normalized spacial score (nSPS) is 22.7. The number of aryl methyl sites for hydroxylation is 1. The molecular weight excluding hydrogens is 491 g/mol. The fourth-order valence-corrected chi connectivity index (χ4v) is 5.45. The summed E-state index contributed by atoms with van der Waals surface area (Å²) in [5.74, 6) is -1.84. The Labute approximate surface area is 201 Å². The molecule has 0 spiro atoms. The van der Waals surface area contributed by atoms with E-state index in [0.29, 0.717) is 17.5 Å². The first-order valence-corrected chi connectivity index (χ1v) is 12.4. The van der Waals surface area contributed by atoms with Gasteiger partial charge in [0.1, 0.15) is 17.2 Å². The number of aliphatic hydroxyl groups is 1. The van der Waals surface area contributed by atoms with Crippen molar-refractivity contribution in [2.45, 2.75) is 62.2 Å². The zero-order valence-electron chi connectivity index (χ0n) is 18.9. The van der Waals surface area contributed by atoms with Crippen LogP contribution in [-0.4, -0.2) is 49.9 Å². The molecule has 1 saturated carbocycles. The number of carbonyl (C=O) groups is 1. The third kappa shape index (κ3) is 5.26. The van der Waals surface area contributed by atoms with Crippen LogP contribution in [0.2, 0.25) is 0 Å². The number of benzene rings is 2. The number of hydrogen-bond acceptors (Lipinski definition) is 3. The molecule has 4 rings (SSSR count). The van der Waals surface area contributed by atoms with E-state index in [9.17, 15) is 31.7 Å². The summed E-state index contributed by atoms with van der Waals surface area (Å²) in [6.07, 6.45) is 1.00. The average Bonchev–Trinajstić information content (AvgIpc) is 3.13. The number of amides is 1. The van der Waals surface area contributed by atoms with Gasteiger partial charge in [-0.3, -0.25) is 4.79 Å². The van der Waals surface area contributed by atoms with Gasteiger partial charge in [0.25, 0.3) is 5.91 Å². The third-order valence-corrected chi connectivity index (χ3v) is 7.65. The minimum Gasteiger partial charge on any atom is -0.380 e. The summed E-state index contributed by atoms with van der Waals surface area (Å²) in [6, 6.07) is 6.54. The van der Waals surface area contributed by atoms with Crippen LogP contribution in [-0.2, 0) is 22.2 Å². The summed E-state index contributed by atoms with van der Waals surface area (Å²) in [5, 5.41) is 10.6. The molecule has 2 aromatic rings. The van der Waals surface area contributed by atoms with Gasteiger partial charge >= 0.3 is 5.51 Å². The zero-order chi connectivity index (χ0) is 25.5. The number of halogens is 5. The first kappa shape index (κ1) is 25.7. The molecule has 2 aromatic carbocycles. The van der Waals surface area contributed by atoms with Crippen LogP contribution < -0.4 is 4.72 Å². The van der Waals surface area contributed by atoms with Gasteiger partial charge < -0.3 is 10.0 Å². The number of likely N-dealkylation sites (tertiary alicyclic amines) is 1. The van der Waals surface area contributed by atoms with Gasteiger partial charge in [-0.1, -0.05) is 24.3 Å². The molecule has 190 valence electrons. The Hall–Kier alpha value is -2.37. The van der Waals surface area contributed by atoms with Gasteiger partial charge in [0, 0.05) is 18.2 Å². The van der Waals surface area contributed by atoms with Crippen LogP contribution >= 0.6 is 0 Å². The first-order valence-electron chi connectivity index (χ1n) is 11.2. The number of carbonyl (C=O) groups excluding carboxylic acids is 1. The zero-order valence-corrected chi connectivity index (χ0v) is 19.7. The fourth-order valence-electron chi connectivity index (χ4n) is 4.77. The smallest absolute Gasteiger partial charge is 0.380 e. The highest BCUT2D eigenvalue weighted by atomic mass is 32.2. The van der Waals surface area contributed by atoms with Gasteiger partial charge in [0.15, 0.2) is 11.0 Å². The minimum absolute atomic E-state index is 0.0307. The number of hydrogen-bond donors (Lipinski definition) is 2. The van der Waals surface area contributed by atoms with Gasteiger partial charge in [0.2, 0.25) is 0 Å². The van der Waals surface area contributed by atoms with E-state index in [1.165, 1.54) is 29.2 Å². The molecule has 1 amide bonds. The van der Waals surface area contributed by atoms with E-state index in [-0.39, 0.29) is 43.4 Å². The van der Waals surface area contributed by atoms with Crippen LogP contribution in [0, 0.1) is 18.6 Å². The molecule has 0 aromatic heterocycles. The van der Waals surface area contributed by atoms with E-state index in [4.69, 9.17) is 0 Å². The summed E-state index contributed by atoms with van der Waals surface area (Å²) in [6.45, 7) is 1.70. The highest BCUT2D eigenvalue weighted by Gasteiger charge is 2.50. The Balaban J connectivity index is 1.66. The lowest BCUT2D eigenvalue weighted by Gasteiger charge is -2.40.